The molecule has 0 radical (unpaired) electrons. The van der Waals surface area contributed by atoms with Crippen molar-refractivity contribution in [3.8, 4) is 11.5 Å². The van der Waals surface area contributed by atoms with Crippen molar-refractivity contribution in [1.29, 1.82) is 0 Å². The lowest BCUT2D eigenvalue weighted by atomic mass is 10.2. The molecule has 0 aliphatic rings. The molecule has 0 saturated heterocycles. The molecule has 0 atom stereocenters. The van der Waals surface area contributed by atoms with Crippen molar-refractivity contribution in [2.45, 2.75) is 6.92 Å². The summed E-state index contributed by atoms with van der Waals surface area (Å²) in [5.74, 6) is 0.582. The van der Waals surface area contributed by atoms with Crippen molar-refractivity contribution in [1.82, 2.24) is 4.98 Å². The van der Waals surface area contributed by atoms with Crippen LogP contribution in [0.2, 0.25) is 0 Å². The van der Waals surface area contributed by atoms with Gasteiger partial charge in [0.15, 0.2) is 5.58 Å². The van der Waals surface area contributed by atoms with E-state index in [2.05, 4.69) is 4.98 Å². The highest BCUT2D eigenvalue weighted by Gasteiger charge is 2.11. The quantitative estimate of drug-likeness (QED) is 0.640. The van der Waals surface area contributed by atoms with Gasteiger partial charge in [0, 0.05) is 22.5 Å². The maximum atomic E-state index is 5.85. The SMILES string of the molecule is Cc1c(N)ccc2nc(-c3ccc(N)cc3)oc12. The van der Waals surface area contributed by atoms with Crippen molar-refractivity contribution in [2.24, 2.45) is 0 Å². The molecule has 1 aromatic heterocycles. The minimum absolute atomic E-state index is 0.582. The standard InChI is InChI=1S/C14H13N3O/c1-8-11(16)6-7-12-13(8)18-14(17-12)9-2-4-10(15)5-3-9/h2-7H,15-16H2,1H3. The number of anilines is 2. The van der Waals surface area contributed by atoms with Gasteiger partial charge in [-0.05, 0) is 43.3 Å². The third-order valence-corrected chi connectivity index (χ3v) is 3.01. The lowest BCUT2D eigenvalue weighted by Gasteiger charge is -1.97. The van der Waals surface area contributed by atoms with Crippen molar-refractivity contribution in [3.05, 3.63) is 42.0 Å². The molecule has 90 valence electrons. The van der Waals surface area contributed by atoms with Gasteiger partial charge in [-0.2, -0.15) is 0 Å². The number of oxazole rings is 1. The highest BCUT2D eigenvalue weighted by Crippen LogP contribution is 2.29. The summed E-state index contributed by atoms with van der Waals surface area (Å²) >= 11 is 0. The second-order valence-electron chi connectivity index (χ2n) is 4.27. The van der Waals surface area contributed by atoms with Gasteiger partial charge in [0.2, 0.25) is 5.89 Å². The number of nitrogen functional groups attached to an aromatic ring is 2. The fraction of sp³-hybridized carbons (Fsp3) is 0.0714. The number of hydrogen-bond acceptors (Lipinski definition) is 4. The average Bonchev–Trinajstić information content (AvgIpc) is 2.80. The van der Waals surface area contributed by atoms with Crippen LogP contribution in [0.1, 0.15) is 5.56 Å². The number of nitrogens with two attached hydrogens (primary N) is 2. The number of nitrogens with zero attached hydrogens (tertiary/aromatic N) is 1. The van der Waals surface area contributed by atoms with Crippen LogP contribution in [0.5, 0.6) is 0 Å². The molecule has 0 saturated carbocycles. The second-order valence-corrected chi connectivity index (χ2v) is 4.27. The van der Waals surface area contributed by atoms with Gasteiger partial charge in [0.05, 0.1) is 0 Å². The lowest BCUT2D eigenvalue weighted by Crippen LogP contribution is -1.88. The van der Waals surface area contributed by atoms with Crippen LogP contribution in [0.25, 0.3) is 22.6 Å². The van der Waals surface area contributed by atoms with E-state index in [0.29, 0.717) is 11.6 Å². The number of hydrogen-bond donors (Lipinski definition) is 2. The van der Waals surface area contributed by atoms with Gasteiger partial charge in [-0.1, -0.05) is 0 Å². The smallest absolute Gasteiger partial charge is 0.227 e. The summed E-state index contributed by atoms with van der Waals surface area (Å²) < 4.78 is 5.77. The molecule has 0 amide bonds. The van der Waals surface area contributed by atoms with Gasteiger partial charge >= 0.3 is 0 Å². The third-order valence-electron chi connectivity index (χ3n) is 3.01. The highest BCUT2D eigenvalue weighted by molar-refractivity contribution is 5.83. The number of fused-ring (bicyclic) bond motifs is 1. The molecular formula is C14H13N3O. The first kappa shape index (κ1) is 10.7. The predicted octanol–water partition coefficient (Wildman–Crippen LogP) is 2.97. The molecule has 1 heterocycles. The van der Waals surface area contributed by atoms with Crippen LogP contribution in [0.15, 0.2) is 40.8 Å². The molecule has 0 aliphatic carbocycles. The van der Waals surface area contributed by atoms with Gasteiger partial charge in [-0.25, -0.2) is 4.98 Å². The van der Waals surface area contributed by atoms with Crippen LogP contribution >= 0.6 is 0 Å². The summed E-state index contributed by atoms with van der Waals surface area (Å²) in [6.45, 7) is 1.93. The zero-order valence-corrected chi connectivity index (χ0v) is 9.97. The van der Waals surface area contributed by atoms with Gasteiger partial charge in [0.25, 0.3) is 0 Å². The summed E-state index contributed by atoms with van der Waals surface area (Å²) in [5, 5.41) is 0. The topological polar surface area (TPSA) is 78.1 Å². The van der Waals surface area contributed by atoms with E-state index in [9.17, 15) is 0 Å². The van der Waals surface area contributed by atoms with Crippen LogP contribution in [0.4, 0.5) is 11.4 Å². The summed E-state index contributed by atoms with van der Waals surface area (Å²) in [7, 11) is 0. The largest absolute Gasteiger partial charge is 0.436 e. The molecule has 0 aliphatic heterocycles. The van der Waals surface area contributed by atoms with Crippen LogP contribution in [-0.2, 0) is 0 Å². The highest BCUT2D eigenvalue weighted by atomic mass is 16.3. The van der Waals surface area contributed by atoms with Gasteiger partial charge in [-0.3, -0.25) is 0 Å². The van der Waals surface area contributed by atoms with E-state index in [1.165, 1.54) is 0 Å². The lowest BCUT2D eigenvalue weighted by molar-refractivity contribution is 0.617. The third kappa shape index (κ3) is 1.59. The molecule has 0 fully saturated rings. The van der Waals surface area contributed by atoms with E-state index in [1.807, 2.05) is 43.3 Å². The fourth-order valence-electron chi connectivity index (χ4n) is 1.89. The molecule has 0 unspecified atom stereocenters. The first-order valence-corrected chi connectivity index (χ1v) is 5.66. The zero-order chi connectivity index (χ0) is 12.7. The molecule has 3 aromatic rings. The average molecular weight is 239 g/mol. The minimum atomic E-state index is 0.582. The Labute approximate surface area is 104 Å². The van der Waals surface area contributed by atoms with Gasteiger partial charge < -0.3 is 15.9 Å². The van der Waals surface area contributed by atoms with Gasteiger partial charge in [0.1, 0.15) is 5.52 Å². The number of benzene rings is 2. The Morgan fingerprint density at radius 2 is 1.72 bits per heavy atom. The minimum Gasteiger partial charge on any atom is -0.436 e. The van der Waals surface area contributed by atoms with Crippen molar-refractivity contribution >= 4 is 22.5 Å². The Balaban J connectivity index is 2.19. The number of rotatable bonds is 1. The maximum absolute atomic E-state index is 5.85. The van der Waals surface area contributed by atoms with E-state index in [1.54, 1.807) is 0 Å². The van der Waals surface area contributed by atoms with Crippen LogP contribution in [0, 0.1) is 6.92 Å². The number of aromatic nitrogens is 1. The van der Waals surface area contributed by atoms with E-state index < -0.39 is 0 Å². The second kappa shape index (κ2) is 3.77. The Morgan fingerprint density at radius 3 is 2.44 bits per heavy atom. The first-order valence-electron chi connectivity index (χ1n) is 5.66. The molecule has 4 N–H and O–H groups in total. The maximum Gasteiger partial charge on any atom is 0.227 e. The molecule has 4 heteroatoms. The molecule has 0 spiro atoms. The van der Waals surface area contributed by atoms with E-state index in [-0.39, 0.29) is 0 Å². The molecule has 2 aromatic carbocycles. The zero-order valence-electron chi connectivity index (χ0n) is 9.97. The summed E-state index contributed by atoms with van der Waals surface area (Å²) in [6.07, 6.45) is 0. The van der Waals surface area contributed by atoms with Crippen molar-refractivity contribution in [3.63, 3.8) is 0 Å². The summed E-state index contributed by atoms with van der Waals surface area (Å²) in [5.41, 5.74) is 16.3. The summed E-state index contributed by atoms with van der Waals surface area (Å²) in [4.78, 5) is 4.45. The molecular weight excluding hydrogens is 226 g/mol. The van der Waals surface area contributed by atoms with E-state index in [4.69, 9.17) is 15.9 Å². The van der Waals surface area contributed by atoms with Crippen molar-refractivity contribution in [2.75, 3.05) is 11.5 Å². The van der Waals surface area contributed by atoms with Crippen molar-refractivity contribution < 1.29 is 4.42 Å². The Morgan fingerprint density at radius 1 is 1.00 bits per heavy atom. The molecule has 0 bridgehead atoms. The molecule has 3 rings (SSSR count). The van der Waals surface area contributed by atoms with Gasteiger partial charge in [-0.15, -0.1) is 0 Å². The molecule has 18 heavy (non-hydrogen) atoms. The Hall–Kier alpha value is -2.49. The van der Waals surface area contributed by atoms with E-state index in [0.717, 1.165) is 27.9 Å². The normalized spacial score (nSPS) is 10.9. The Bertz CT molecular complexity index is 714. The Kier molecular flexibility index (Phi) is 2.23. The predicted molar refractivity (Wildman–Crippen MR) is 73.0 cm³/mol. The fourth-order valence-corrected chi connectivity index (χ4v) is 1.89. The van der Waals surface area contributed by atoms with Crippen LogP contribution < -0.4 is 11.5 Å². The first-order chi connectivity index (χ1) is 8.65. The number of aryl methyl sites for hydroxylation is 1. The van der Waals surface area contributed by atoms with Crippen LogP contribution in [-0.4, -0.2) is 4.98 Å². The summed E-state index contributed by atoms with van der Waals surface area (Å²) in [6, 6.07) is 11.1. The monoisotopic (exact) mass is 239 g/mol. The van der Waals surface area contributed by atoms with Crippen LogP contribution in [0.3, 0.4) is 0 Å². The van der Waals surface area contributed by atoms with E-state index >= 15 is 0 Å². The molecule has 4 nitrogen and oxygen atoms in total.